The van der Waals surface area contributed by atoms with Gasteiger partial charge in [0.1, 0.15) is 16.5 Å². The van der Waals surface area contributed by atoms with E-state index in [1.807, 2.05) is 13.0 Å². The van der Waals surface area contributed by atoms with Crippen molar-refractivity contribution in [1.29, 1.82) is 5.26 Å². The zero-order valence-corrected chi connectivity index (χ0v) is 13.0. The molecule has 0 aliphatic heterocycles. The summed E-state index contributed by atoms with van der Waals surface area (Å²) < 4.78 is 30.2. The van der Waals surface area contributed by atoms with Gasteiger partial charge in [-0.15, -0.1) is 0 Å². The summed E-state index contributed by atoms with van der Waals surface area (Å²) in [6.45, 7) is 1.86. The third-order valence-corrected chi connectivity index (χ3v) is 4.59. The van der Waals surface area contributed by atoms with E-state index < -0.39 is 10.1 Å². The summed E-state index contributed by atoms with van der Waals surface area (Å²) in [5.41, 5.74) is 1.39. The first-order valence-electron chi connectivity index (χ1n) is 6.80. The predicted octanol–water partition coefficient (Wildman–Crippen LogP) is 3.18. The molecule has 3 rings (SSSR count). The molecule has 3 aromatic rings. The number of nitrogens with zero attached hydrogens (tertiary/aromatic N) is 2. The Hall–Kier alpha value is -2.91. The summed E-state index contributed by atoms with van der Waals surface area (Å²) in [6, 6.07) is 15.0. The van der Waals surface area contributed by atoms with Gasteiger partial charge in [0.25, 0.3) is 0 Å². The van der Waals surface area contributed by atoms with Crippen molar-refractivity contribution in [3.8, 4) is 11.8 Å². The van der Waals surface area contributed by atoms with Crippen molar-refractivity contribution in [2.24, 2.45) is 0 Å². The van der Waals surface area contributed by atoms with Crippen LogP contribution in [0, 0.1) is 18.3 Å². The fraction of sp³-hybridized carbons (Fsp3) is 0.0588. The molecule has 1 aromatic heterocycles. The lowest BCUT2D eigenvalue weighted by atomic mass is 10.1. The van der Waals surface area contributed by atoms with Crippen LogP contribution < -0.4 is 4.18 Å². The average Bonchev–Trinajstić information content (AvgIpc) is 2.55. The smallest absolute Gasteiger partial charge is 0.339 e. The quantitative estimate of drug-likeness (QED) is 0.691. The van der Waals surface area contributed by atoms with E-state index in [1.54, 1.807) is 30.3 Å². The number of hydrogen-bond donors (Lipinski definition) is 0. The van der Waals surface area contributed by atoms with Gasteiger partial charge in [0.05, 0.1) is 5.56 Å². The molecule has 6 heteroatoms. The Bertz CT molecular complexity index is 1020. The molecule has 0 aliphatic carbocycles. The molecule has 0 radical (unpaired) electrons. The first-order chi connectivity index (χ1) is 11.0. The lowest BCUT2D eigenvalue weighted by Gasteiger charge is -2.10. The van der Waals surface area contributed by atoms with Crippen LogP contribution in [0.4, 0.5) is 0 Å². The predicted molar refractivity (Wildman–Crippen MR) is 85.5 cm³/mol. The van der Waals surface area contributed by atoms with Crippen LogP contribution in [-0.4, -0.2) is 13.4 Å². The number of nitriles is 1. The van der Waals surface area contributed by atoms with Crippen LogP contribution in [0.25, 0.3) is 10.9 Å². The maximum absolute atomic E-state index is 12.5. The van der Waals surface area contributed by atoms with Crippen LogP contribution in [0.1, 0.15) is 11.1 Å². The minimum atomic E-state index is -4.05. The number of hydrogen-bond acceptors (Lipinski definition) is 5. The molecule has 0 atom stereocenters. The second-order valence-corrected chi connectivity index (χ2v) is 6.53. The largest absolute Gasteiger partial charge is 0.375 e. The van der Waals surface area contributed by atoms with Gasteiger partial charge >= 0.3 is 10.1 Å². The van der Waals surface area contributed by atoms with Crippen molar-refractivity contribution in [1.82, 2.24) is 4.98 Å². The lowest BCUT2D eigenvalue weighted by molar-refractivity contribution is 0.487. The minimum Gasteiger partial charge on any atom is -0.375 e. The number of fused-ring (bicyclic) bond motifs is 1. The molecule has 0 unspecified atom stereocenters. The molecule has 0 saturated carbocycles. The van der Waals surface area contributed by atoms with Gasteiger partial charge in [-0.2, -0.15) is 13.7 Å². The molecular formula is C17H12N2O3S. The molecule has 0 spiro atoms. The van der Waals surface area contributed by atoms with Gasteiger partial charge in [-0.1, -0.05) is 29.8 Å². The van der Waals surface area contributed by atoms with E-state index in [2.05, 4.69) is 4.98 Å². The molecule has 0 saturated heterocycles. The number of rotatable bonds is 3. The van der Waals surface area contributed by atoms with E-state index >= 15 is 0 Å². The van der Waals surface area contributed by atoms with Crippen LogP contribution in [-0.2, 0) is 10.1 Å². The third-order valence-electron chi connectivity index (χ3n) is 3.35. The fourth-order valence-electron chi connectivity index (χ4n) is 2.15. The molecule has 23 heavy (non-hydrogen) atoms. The van der Waals surface area contributed by atoms with Crippen molar-refractivity contribution in [3.05, 3.63) is 65.9 Å². The van der Waals surface area contributed by atoms with Crippen LogP contribution in [0.2, 0.25) is 0 Å². The average molecular weight is 324 g/mol. The van der Waals surface area contributed by atoms with Crippen LogP contribution in [0.5, 0.6) is 5.75 Å². The molecular weight excluding hydrogens is 312 g/mol. The van der Waals surface area contributed by atoms with E-state index in [9.17, 15) is 13.7 Å². The second-order valence-electron chi connectivity index (χ2n) is 4.98. The van der Waals surface area contributed by atoms with Crippen molar-refractivity contribution in [2.75, 3.05) is 0 Å². The van der Waals surface area contributed by atoms with E-state index in [4.69, 9.17) is 4.18 Å². The molecule has 0 N–H and O–H groups in total. The molecule has 1 heterocycles. The Kier molecular flexibility index (Phi) is 3.72. The molecule has 0 amide bonds. The van der Waals surface area contributed by atoms with Gasteiger partial charge in [-0.05, 0) is 31.2 Å². The molecule has 5 nitrogen and oxygen atoms in total. The summed E-state index contributed by atoms with van der Waals surface area (Å²) in [4.78, 5) is 4.17. The Labute approximate surface area is 133 Å². The van der Waals surface area contributed by atoms with Crippen molar-refractivity contribution in [2.45, 2.75) is 11.8 Å². The summed E-state index contributed by atoms with van der Waals surface area (Å²) in [5, 5.41) is 9.92. The lowest BCUT2D eigenvalue weighted by Crippen LogP contribution is -2.11. The fourth-order valence-corrected chi connectivity index (χ4v) is 3.11. The van der Waals surface area contributed by atoms with Crippen molar-refractivity contribution in [3.63, 3.8) is 0 Å². The Morgan fingerprint density at radius 2 is 1.83 bits per heavy atom. The Morgan fingerprint density at radius 1 is 1.09 bits per heavy atom. The summed E-state index contributed by atoms with van der Waals surface area (Å²) in [5.74, 6) is -0.0498. The van der Waals surface area contributed by atoms with Gasteiger partial charge in [0.15, 0.2) is 5.75 Å². The minimum absolute atomic E-state index is 0.0277. The SMILES string of the molecule is Cc1ccc(S(=O)(=O)Oc2c(C#N)ccc3cccnc23)cc1. The standard InChI is InChI=1S/C17H12N2O3S/c1-12-4-8-15(9-5-12)23(20,21)22-17-14(11-18)7-6-13-3-2-10-19-16(13)17/h2-10H,1H3. The highest BCUT2D eigenvalue weighted by Crippen LogP contribution is 2.30. The molecule has 2 aromatic carbocycles. The third kappa shape index (κ3) is 2.87. The van der Waals surface area contributed by atoms with Gasteiger partial charge in [0, 0.05) is 11.6 Å². The number of pyridine rings is 1. The van der Waals surface area contributed by atoms with Gasteiger partial charge in [0.2, 0.25) is 0 Å². The monoisotopic (exact) mass is 324 g/mol. The van der Waals surface area contributed by atoms with Crippen molar-refractivity contribution < 1.29 is 12.6 Å². The van der Waals surface area contributed by atoms with Crippen molar-refractivity contribution >= 4 is 21.0 Å². The highest BCUT2D eigenvalue weighted by Gasteiger charge is 2.21. The summed E-state index contributed by atoms with van der Waals surface area (Å²) in [6.07, 6.45) is 1.52. The highest BCUT2D eigenvalue weighted by molar-refractivity contribution is 7.87. The number of aromatic nitrogens is 1. The molecule has 0 fully saturated rings. The van der Waals surface area contributed by atoms with Crippen LogP contribution in [0.15, 0.2) is 59.6 Å². The maximum atomic E-state index is 12.5. The number of benzene rings is 2. The van der Waals surface area contributed by atoms with Gasteiger partial charge < -0.3 is 4.18 Å². The first-order valence-corrected chi connectivity index (χ1v) is 8.21. The molecule has 0 bridgehead atoms. The summed E-state index contributed by atoms with van der Waals surface area (Å²) in [7, 11) is -4.05. The maximum Gasteiger partial charge on any atom is 0.339 e. The highest BCUT2D eigenvalue weighted by atomic mass is 32.2. The Balaban J connectivity index is 2.14. The van der Waals surface area contributed by atoms with Crippen LogP contribution in [0.3, 0.4) is 0 Å². The van der Waals surface area contributed by atoms with Crippen LogP contribution >= 0.6 is 0 Å². The molecule has 0 aliphatic rings. The molecule has 114 valence electrons. The van der Waals surface area contributed by atoms with E-state index in [-0.39, 0.29) is 16.2 Å². The zero-order valence-electron chi connectivity index (χ0n) is 12.2. The van der Waals surface area contributed by atoms with E-state index in [0.717, 1.165) is 5.56 Å². The second kappa shape index (κ2) is 5.71. The van der Waals surface area contributed by atoms with E-state index in [0.29, 0.717) is 10.9 Å². The topological polar surface area (TPSA) is 80.0 Å². The number of aryl methyl sites for hydroxylation is 1. The Morgan fingerprint density at radius 3 is 2.52 bits per heavy atom. The van der Waals surface area contributed by atoms with E-state index in [1.165, 1.54) is 24.4 Å². The van der Waals surface area contributed by atoms with Gasteiger partial charge in [-0.25, -0.2) is 0 Å². The first kappa shape index (κ1) is 15.0. The normalized spacial score (nSPS) is 11.1. The zero-order chi connectivity index (χ0) is 16.4. The van der Waals surface area contributed by atoms with Gasteiger partial charge in [-0.3, -0.25) is 4.98 Å². The summed E-state index contributed by atoms with van der Waals surface area (Å²) >= 11 is 0.